The van der Waals surface area contributed by atoms with Crippen molar-refractivity contribution in [3.8, 4) is 0 Å². The second-order valence-corrected chi connectivity index (χ2v) is 4.13. The van der Waals surface area contributed by atoms with Crippen molar-refractivity contribution in [3.05, 3.63) is 58.9 Å². The van der Waals surface area contributed by atoms with Gasteiger partial charge < -0.3 is 11.1 Å². The molecule has 0 heterocycles. The monoisotopic (exact) mass is 264 g/mol. The summed E-state index contributed by atoms with van der Waals surface area (Å²) in [6.07, 6.45) is 0. The van der Waals surface area contributed by atoms with Crippen LogP contribution in [0, 0.1) is 5.82 Å². The Morgan fingerprint density at radius 3 is 2.67 bits per heavy atom. The standard InChI is InChI=1S/C13H10ClFN2O/c14-8-2-1-3-10(6-8)17-13(18)11-5-4-9(15)7-12(11)16/h1-7H,16H2,(H,17,18). The molecule has 0 fully saturated rings. The van der Waals surface area contributed by atoms with E-state index < -0.39 is 11.7 Å². The average Bonchev–Trinajstić information content (AvgIpc) is 2.28. The van der Waals surface area contributed by atoms with Crippen LogP contribution in [-0.2, 0) is 0 Å². The molecule has 0 bridgehead atoms. The van der Waals surface area contributed by atoms with Gasteiger partial charge in [0.15, 0.2) is 0 Å². The summed E-state index contributed by atoms with van der Waals surface area (Å²) in [6, 6.07) is 10.3. The minimum absolute atomic E-state index is 0.0922. The number of benzene rings is 2. The maximum Gasteiger partial charge on any atom is 0.257 e. The highest BCUT2D eigenvalue weighted by Crippen LogP contribution is 2.18. The number of amides is 1. The van der Waals surface area contributed by atoms with E-state index in [0.717, 1.165) is 6.07 Å². The van der Waals surface area contributed by atoms with Crippen LogP contribution in [0.4, 0.5) is 15.8 Å². The van der Waals surface area contributed by atoms with Crippen molar-refractivity contribution >= 4 is 28.9 Å². The Hall–Kier alpha value is -2.07. The maximum atomic E-state index is 12.9. The van der Waals surface area contributed by atoms with Crippen molar-refractivity contribution in [2.45, 2.75) is 0 Å². The Bertz CT molecular complexity index is 601. The lowest BCUT2D eigenvalue weighted by Crippen LogP contribution is -2.14. The molecule has 0 atom stereocenters. The zero-order valence-corrected chi connectivity index (χ0v) is 10.0. The van der Waals surface area contributed by atoms with E-state index in [9.17, 15) is 9.18 Å². The molecular weight excluding hydrogens is 255 g/mol. The second kappa shape index (κ2) is 5.06. The summed E-state index contributed by atoms with van der Waals surface area (Å²) < 4.78 is 12.9. The van der Waals surface area contributed by atoms with Gasteiger partial charge in [0.25, 0.3) is 5.91 Å². The molecule has 3 N–H and O–H groups in total. The van der Waals surface area contributed by atoms with Gasteiger partial charge in [-0.15, -0.1) is 0 Å². The third kappa shape index (κ3) is 2.78. The first-order chi connectivity index (χ1) is 8.56. The number of anilines is 2. The minimum Gasteiger partial charge on any atom is -0.398 e. The molecule has 0 aliphatic carbocycles. The number of nitrogen functional groups attached to an aromatic ring is 1. The van der Waals surface area contributed by atoms with Crippen LogP contribution < -0.4 is 11.1 Å². The molecule has 0 spiro atoms. The van der Waals surface area contributed by atoms with Crippen LogP contribution in [0.5, 0.6) is 0 Å². The van der Waals surface area contributed by atoms with Crippen LogP contribution in [0.15, 0.2) is 42.5 Å². The number of hydrogen-bond donors (Lipinski definition) is 2. The van der Waals surface area contributed by atoms with E-state index in [1.54, 1.807) is 24.3 Å². The van der Waals surface area contributed by atoms with Crippen LogP contribution >= 0.6 is 11.6 Å². The average molecular weight is 265 g/mol. The predicted octanol–water partition coefficient (Wildman–Crippen LogP) is 3.31. The number of hydrogen-bond acceptors (Lipinski definition) is 2. The van der Waals surface area contributed by atoms with Crippen molar-refractivity contribution in [1.29, 1.82) is 0 Å². The summed E-state index contributed by atoms with van der Waals surface area (Å²) in [5.41, 5.74) is 6.44. The lowest BCUT2D eigenvalue weighted by atomic mass is 10.1. The molecular formula is C13H10ClFN2O. The van der Waals surface area contributed by atoms with E-state index in [4.69, 9.17) is 17.3 Å². The summed E-state index contributed by atoms with van der Waals surface area (Å²) in [4.78, 5) is 11.9. The largest absolute Gasteiger partial charge is 0.398 e. The number of carbonyl (C=O) groups excluding carboxylic acids is 1. The second-order valence-electron chi connectivity index (χ2n) is 3.70. The third-order valence-electron chi connectivity index (χ3n) is 2.34. The van der Waals surface area contributed by atoms with Crippen LogP contribution in [0.1, 0.15) is 10.4 Å². The maximum absolute atomic E-state index is 12.9. The van der Waals surface area contributed by atoms with Crippen LogP contribution in [-0.4, -0.2) is 5.91 Å². The number of rotatable bonds is 2. The molecule has 92 valence electrons. The molecule has 0 unspecified atom stereocenters. The van der Waals surface area contributed by atoms with Crippen LogP contribution in [0.25, 0.3) is 0 Å². The van der Waals surface area contributed by atoms with Crippen molar-refractivity contribution in [2.24, 2.45) is 0 Å². The SMILES string of the molecule is Nc1cc(F)ccc1C(=O)Nc1cccc(Cl)c1. The summed E-state index contributed by atoms with van der Waals surface area (Å²) in [5.74, 6) is -0.887. The Morgan fingerprint density at radius 1 is 1.22 bits per heavy atom. The van der Waals surface area contributed by atoms with Gasteiger partial charge >= 0.3 is 0 Å². The fraction of sp³-hybridized carbons (Fsp3) is 0. The Kier molecular flexibility index (Phi) is 3.48. The van der Waals surface area contributed by atoms with Crippen LogP contribution in [0.2, 0.25) is 5.02 Å². The summed E-state index contributed by atoms with van der Waals surface area (Å²) in [6.45, 7) is 0. The highest BCUT2D eigenvalue weighted by Gasteiger charge is 2.10. The first-order valence-corrected chi connectivity index (χ1v) is 5.56. The Balaban J connectivity index is 2.22. The molecule has 0 radical (unpaired) electrons. The van der Waals surface area contributed by atoms with E-state index >= 15 is 0 Å². The molecule has 0 saturated carbocycles. The first kappa shape index (κ1) is 12.4. The predicted molar refractivity (Wildman–Crippen MR) is 70.2 cm³/mol. The zero-order chi connectivity index (χ0) is 13.1. The number of carbonyl (C=O) groups is 1. The molecule has 1 amide bonds. The molecule has 0 aromatic heterocycles. The highest BCUT2D eigenvalue weighted by atomic mass is 35.5. The van der Waals surface area contributed by atoms with E-state index in [2.05, 4.69) is 5.32 Å². The van der Waals surface area contributed by atoms with E-state index in [0.29, 0.717) is 10.7 Å². The van der Waals surface area contributed by atoms with Gasteiger partial charge in [0.05, 0.1) is 5.56 Å². The van der Waals surface area contributed by atoms with Crippen LogP contribution in [0.3, 0.4) is 0 Å². The molecule has 2 rings (SSSR count). The van der Waals surface area contributed by atoms with Crippen molar-refractivity contribution in [1.82, 2.24) is 0 Å². The smallest absolute Gasteiger partial charge is 0.257 e. The molecule has 2 aromatic rings. The van der Waals surface area contributed by atoms with Gasteiger partial charge in [-0.05, 0) is 36.4 Å². The Morgan fingerprint density at radius 2 is 2.00 bits per heavy atom. The normalized spacial score (nSPS) is 10.1. The third-order valence-corrected chi connectivity index (χ3v) is 2.58. The quantitative estimate of drug-likeness (QED) is 0.818. The van der Waals surface area contributed by atoms with E-state index in [-0.39, 0.29) is 11.3 Å². The fourth-order valence-electron chi connectivity index (χ4n) is 1.51. The topological polar surface area (TPSA) is 55.1 Å². The number of nitrogens with one attached hydrogen (secondary N) is 1. The Labute approximate surface area is 108 Å². The van der Waals surface area contributed by atoms with E-state index in [1.165, 1.54) is 12.1 Å². The highest BCUT2D eigenvalue weighted by molar-refractivity contribution is 6.31. The number of halogens is 2. The lowest BCUT2D eigenvalue weighted by Gasteiger charge is -2.07. The minimum atomic E-state index is -0.480. The van der Waals surface area contributed by atoms with Gasteiger partial charge in [-0.2, -0.15) is 0 Å². The molecule has 5 heteroatoms. The summed E-state index contributed by atoms with van der Waals surface area (Å²) in [7, 11) is 0. The molecule has 0 saturated heterocycles. The van der Waals surface area contributed by atoms with Gasteiger partial charge in [-0.3, -0.25) is 4.79 Å². The van der Waals surface area contributed by atoms with Gasteiger partial charge in [0, 0.05) is 16.4 Å². The van der Waals surface area contributed by atoms with Crippen molar-refractivity contribution in [3.63, 3.8) is 0 Å². The molecule has 0 aliphatic heterocycles. The first-order valence-electron chi connectivity index (χ1n) is 5.18. The molecule has 3 nitrogen and oxygen atoms in total. The molecule has 2 aromatic carbocycles. The van der Waals surface area contributed by atoms with Gasteiger partial charge in [0.1, 0.15) is 5.82 Å². The van der Waals surface area contributed by atoms with Gasteiger partial charge in [-0.1, -0.05) is 17.7 Å². The molecule has 0 aliphatic rings. The summed E-state index contributed by atoms with van der Waals surface area (Å²) >= 11 is 5.80. The van der Waals surface area contributed by atoms with E-state index in [1.807, 2.05) is 0 Å². The summed E-state index contributed by atoms with van der Waals surface area (Å²) in [5, 5.41) is 3.15. The lowest BCUT2D eigenvalue weighted by molar-refractivity contribution is 0.102. The fourth-order valence-corrected chi connectivity index (χ4v) is 1.70. The van der Waals surface area contributed by atoms with Crippen molar-refractivity contribution in [2.75, 3.05) is 11.1 Å². The van der Waals surface area contributed by atoms with Gasteiger partial charge in [-0.25, -0.2) is 4.39 Å². The van der Waals surface area contributed by atoms with Crippen molar-refractivity contribution < 1.29 is 9.18 Å². The van der Waals surface area contributed by atoms with Gasteiger partial charge in [0.2, 0.25) is 0 Å². The number of nitrogens with two attached hydrogens (primary N) is 1. The molecule has 18 heavy (non-hydrogen) atoms. The zero-order valence-electron chi connectivity index (χ0n) is 9.28.